The second kappa shape index (κ2) is 7.87. The maximum absolute atomic E-state index is 14.7. The van der Waals surface area contributed by atoms with Gasteiger partial charge in [-0.15, -0.1) is 11.3 Å². The molecule has 0 radical (unpaired) electrons. The number of hydrogen-bond donors (Lipinski definition) is 1. The van der Waals surface area contributed by atoms with Crippen LogP contribution in [-0.2, 0) is 6.42 Å². The molecule has 1 aliphatic carbocycles. The van der Waals surface area contributed by atoms with Crippen LogP contribution in [0.4, 0.5) is 10.2 Å². The molecule has 146 valence electrons. The van der Waals surface area contributed by atoms with E-state index in [1.54, 1.807) is 17.4 Å². The van der Waals surface area contributed by atoms with Gasteiger partial charge in [-0.05, 0) is 35.9 Å². The fraction of sp³-hybridized carbons (Fsp3) is 0.261. The van der Waals surface area contributed by atoms with Crippen LogP contribution in [0.3, 0.4) is 0 Å². The Morgan fingerprint density at radius 3 is 2.72 bits per heavy atom. The van der Waals surface area contributed by atoms with E-state index in [4.69, 9.17) is 4.98 Å². The lowest BCUT2D eigenvalue weighted by Crippen LogP contribution is -2.16. The van der Waals surface area contributed by atoms with Crippen LogP contribution in [0.15, 0.2) is 54.0 Å². The first-order chi connectivity index (χ1) is 14.3. The zero-order chi connectivity index (χ0) is 19.6. The number of nitrogens with zero attached hydrogens (tertiary/aromatic N) is 3. The Labute approximate surface area is 172 Å². The molecule has 0 atom stereocenters. The number of hydrogen-bond acceptors (Lipinski definition) is 5. The van der Waals surface area contributed by atoms with Crippen molar-refractivity contribution in [2.45, 2.75) is 38.1 Å². The molecule has 0 spiro atoms. The summed E-state index contributed by atoms with van der Waals surface area (Å²) in [6.07, 6.45) is 6.70. The molecule has 0 bridgehead atoms. The van der Waals surface area contributed by atoms with Crippen molar-refractivity contribution in [2.75, 3.05) is 5.32 Å². The van der Waals surface area contributed by atoms with E-state index in [2.05, 4.69) is 15.3 Å². The summed E-state index contributed by atoms with van der Waals surface area (Å²) in [6, 6.07) is 14.2. The van der Waals surface area contributed by atoms with E-state index in [9.17, 15) is 4.39 Å². The normalized spacial score (nSPS) is 14.5. The standard InChI is InChI=1S/C23H21FN4S/c24-19-14-25-17(12-15-6-2-1-3-7-15)13-18(19)22-27-20-10-11-29-21(20)23(28-22)26-16-8-4-5-9-16/h1-3,6-7,10-11,13-14,16H,4-5,8-9,12H2,(H,26,27,28). The van der Waals surface area contributed by atoms with Gasteiger partial charge in [-0.25, -0.2) is 14.4 Å². The first kappa shape index (κ1) is 18.2. The first-order valence-corrected chi connectivity index (χ1v) is 10.8. The molecule has 0 amide bonds. The van der Waals surface area contributed by atoms with Gasteiger partial charge in [0.25, 0.3) is 0 Å². The van der Waals surface area contributed by atoms with Crippen LogP contribution in [0, 0.1) is 5.82 Å². The molecule has 1 fully saturated rings. The summed E-state index contributed by atoms with van der Waals surface area (Å²) >= 11 is 1.62. The molecule has 0 aliphatic heterocycles. The molecule has 3 heterocycles. The van der Waals surface area contributed by atoms with Crippen molar-refractivity contribution >= 4 is 27.4 Å². The molecular weight excluding hydrogens is 383 g/mol. The highest BCUT2D eigenvalue weighted by Gasteiger charge is 2.19. The lowest BCUT2D eigenvalue weighted by atomic mass is 10.1. The highest BCUT2D eigenvalue weighted by molar-refractivity contribution is 7.17. The van der Waals surface area contributed by atoms with Gasteiger partial charge in [0, 0.05) is 18.2 Å². The maximum Gasteiger partial charge on any atom is 0.165 e. The molecule has 1 aromatic carbocycles. The average Bonchev–Trinajstić information content (AvgIpc) is 3.42. The van der Waals surface area contributed by atoms with Crippen molar-refractivity contribution in [1.82, 2.24) is 15.0 Å². The van der Waals surface area contributed by atoms with E-state index in [0.717, 1.165) is 40.1 Å². The fourth-order valence-electron chi connectivity index (χ4n) is 3.90. The highest BCUT2D eigenvalue weighted by atomic mass is 32.1. The summed E-state index contributed by atoms with van der Waals surface area (Å²) in [5, 5.41) is 5.58. The molecule has 1 saturated carbocycles. The molecular formula is C23H21FN4S. The third-order valence-electron chi connectivity index (χ3n) is 5.38. The van der Waals surface area contributed by atoms with Gasteiger partial charge in [0.1, 0.15) is 5.82 Å². The summed E-state index contributed by atoms with van der Waals surface area (Å²) in [6.45, 7) is 0. The van der Waals surface area contributed by atoms with Crippen LogP contribution >= 0.6 is 11.3 Å². The minimum atomic E-state index is -0.400. The Hall–Kier alpha value is -2.86. The maximum atomic E-state index is 14.7. The second-order valence-corrected chi connectivity index (χ2v) is 8.39. The van der Waals surface area contributed by atoms with Crippen LogP contribution in [0.5, 0.6) is 0 Å². The first-order valence-electron chi connectivity index (χ1n) is 9.97. The van der Waals surface area contributed by atoms with E-state index in [0.29, 0.717) is 23.9 Å². The molecule has 4 aromatic rings. The monoisotopic (exact) mass is 404 g/mol. The van der Waals surface area contributed by atoms with Gasteiger partial charge in [-0.3, -0.25) is 4.98 Å². The van der Waals surface area contributed by atoms with Crippen molar-refractivity contribution in [3.63, 3.8) is 0 Å². The van der Waals surface area contributed by atoms with Crippen molar-refractivity contribution in [2.24, 2.45) is 0 Å². The van der Waals surface area contributed by atoms with Gasteiger partial charge < -0.3 is 5.32 Å². The lowest BCUT2D eigenvalue weighted by Gasteiger charge is -2.14. The van der Waals surface area contributed by atoms with Gasteiger partial charge in [-0.1, -0.05) is 43.2 Å². The summed E-state index contributed by atoms with van der Waals surface area (Å²) in [7, 11) is 0. The topological polar surface area (TPSA) is 50.7 Å². The van der Waals surface area contributed by atoms with Crippen molar-refractivity contribution in [1.29, 1.82) is 0 Å². The van der Waals surface area contributed by atoms with E-state index in [-0.39, 0.29) is 0 Å². The average molecular weight is 405 g/mol. The number of rotatable bonds is 5. The van der Waals surface area contributed by atoms with Crippen LogP contribution in [0.25, 0.3) is 21.6 Å². The van der Waals surface area contributed by atoms with Crippen molar-refractivity contribution < 1.29 is 4.39 Å². The molecule has 0 unspecified atom stereocenters. The third-order valence-corrected chi connectivity index (χ3v) is 6.29. The number of halogens is 1. The van der Waals surface area contributed by atoms with E-state index in [1.807, 2.05) is 41.8 Å². The smallest absolute Gasteiger partial charge is 0.165 e. The number of nitrogens with one attached hydrogen (secondary N) is 1. The minimum absolute atomic E-state index is 0.397. The Morgan fingerprint density at radius 1 is 1.07 bits per heavy atom. The molecule has 0 saturated heterocycles. The van der Waals surface area contributed by atoms with E-state index >= 15 is 0 Å². The molecule has 1 N–H and O–H groups in total. The summed E-state index contributed by atoms with van der Waals surface area (Å²) < 4.78 is 15.7. The number of pyridine rings is 1. The summed E-state index contributed by atoms with van der Waals surface area (Å²) in [5.41, 5.74) is 3.18. The summed E-state index contributed by atoms with van der Waals surface area (Å²) in [4.78, 5) is 13.7. The number of benzene rings is 1. The number of fused-ring (bicyclic) bond motifs is 1. The van der Waals surface area contributed by atoms with Gasteiger partial charge in [-0.2, -0.15) is 0 Å². The molecule has 6 heteroatoms. The summed E-state index contributed by atoms with van der Waals surface area (Å²) in [5.74, 6) is 0.821. The number of anilines is 1. The SMILES string of the molecule is Fc1cnc(Cc2ccccc2)cc1-c1nc(NC2CCCC2)c2sccc2n1. The van der Waals surface area contributed by atoms with Crippen LogP contribution < -0.4 is 5.32 Å². The predicted octanol–water partition coefficient (Wildman–Crippen LogP) is 5.84. The van der Waals surface area contributed by atoms with Gasteiger partial charge in [0.15, 0.2) is 11.6 Å². The fourth-order valence-corrected chi connectivity index (χ4v) is 4.68. The third kappa shape index (κ3) is 3.85. The zero-order valence-corrected chi connectivity index (χ0v) is 16.8. The molecule has 5 rings (SSSR count). The van der Waals surface area contributed by atoms with Crippen molar-refractivity contribution in [3.8, 4) is 11.4 Å². The van der Waals surface area contributed by atoms with Gasteiger partial charge >= 0.3 is 0 Å². The van der Waals surface area contributed by atoms with Crippen LogP contribution in [-0.4, -0.2) is 21.0 Å². The van der Waals surface area contributed by atoms with E-state index < -0.39 is 5.82 Å². The Morgan fingerprint density at radius 2 is 1.90 bits per heavy atom. The van der Waals surface area contributed by atoms with E-state index in [1.165, 1.54) is 19.0 Å². The molecule has 4 nitrogen and oxygen atoms in total. The predicted molar refractivity (Wildman–Crippen MR) is 116 cm³/mol. The molecule has 1 aliphatic rings. The Bertz CT molecular complexity index is 1140. The largest absolute Gasteiger partial charge is 0.366 e. The zero-order valence-electron chi connectivity index (χ0n) is 15.9. The van der Waals surface area contributed by atoms with Gasteiger partial charge in [0.2, 0.25) is 0 Å². The van der Waals surface area contributed by atoms with Crippen molar-refractivity contribution in [3.05, 3.63) is 71.1 Å². The quantitative estimate of drug-likeness (QED) is 0.454. The number of aromatic nitrogens is 3. The number of thiophene rings is 1. The minimum Gasteiger partial charge on any atom is -0.366 e. The molecule has 3 aromatic heterocycles. The Balaban J connectivity index is 1.53. The van der Waals surface area contributed by atoms with Gasteiger partial charge in [0.05, 0.1) is 22.0 Å². The second-order valence-electron chi connectivity index (χ2n) is 7.47. The Kier molecular flexibility index (Phi) is 4.94. The highest BCUT2D eigenvalue weighted by Crippen LogP contribution is 2.32. The lowest BCUT2D eigenvalue weighted by molar-refractivity contribution is 0.622. The molecule has 29 heavy (non-hydrogen) atoms. The van der Waals surface area contributed by atoms with Crippen LogP contribution in [0.1, 0.15) is 36.9 Å². The van der Waals surface area contributed by atoms with Crippen LogP contribution in [0.2, 0.25) is 0 Å².